The molecule has 0 spiro atoms. The summed E-state index contributed by atoms with van der Waals surface area (Å²) in [5.74, 6) is 0. The van der Waals surface area contributed by atoms with Crippen LogP contribution in [0.4, 0.5) is 25.2 Å². The first kappa shape index (κ1) is 44.7. The molecule has 0 fully saturated rings. The quantitative estimate of drug-likeness (QED) is 0.0986. The second kappa shape index (κ2) is 20.4. The van der Waals surface area contributed by atoms with Crippen LogP contribution < -0.4 is 31.8 Å². The molecular weight excluding hydrogens is 843 g/mol. The van der Waals surface area contributed by atoms with Crippen molar-refractivity contribution in [1.82, 2.24) is 20.4 Å². The molecule has 4 nitrogen and oxygen atoms in total. The zero-order valence-corrected chi connectivity index (χ0v) is 33.9. The number of rotatable bonds is 7. The van der Waals surface area contributed by atoms with Crippen molar-refractivity contribution >= 4 is 55.5 Å². The van der Waals surface area contributed by atoms with E-state index in [9.17, 15) is 25.2 Å². The van der Waals surface area contributed by atoms with Gasteiger partial charge in [0.1, 0.15) is 37.5 Å². The Hall–Kier alpha value is -5.00. The van der Waals surface area contributed by atoms with Crippen molar-refractivity contribution in [1.29, 1.82) is 0 Å². The molecule has 0 amide bonds. The summed E-state index contributed by atoms with van der Waals surface area (Å²) in [5, 5.41) is 18.6. The molecule has 2 heterocycles. The predicted octanol–water partition coefficient (Wildman–Crippen LogP) is 10.6. The first-order valence-corrected chi connectivity index (χ1v) is 22.3. The second-order valence-electron chi connectivity index (χ2n) is 12.0. The van der Waals surface area contributed by atoms with Gasteiger partial charge in [-0.15, -0.1) is 5.10 Å². The molecule has 8 rings (SSSR count). The number of nitrogens with zero attached hydrogens (tertiary/aromatic N) is 3. The van der Waals surface area contributed by atoms with Crippen LogP contribution in [-0.2, 0) is 17.1 Å². The molecule has 0 saturated heterocycles. The monoisotopic (exact) mass is 880 g/mol. The summed E-state index contributed by atoms with van der Waals surface area (Å²) in [4.78, 5) is 4.10. The third kappa shape index (κ3) is 16.6. The SMILES string of the molecule is F[P-](F)(F)(F)(F)F.[Cu+].c1ccc(-c2c[nH]nn2)nc1.c1ccc([PH+](c2ccccc2)c2ccccc2)cc1.c1ccc([PH+](c2ccccc2)c2ccccc2)cc1. The molecule has 296 valence electrons. The van der Waals surface area contributed by atoms with Gasteiger partial charge in [-0.05, 0) is 84.9 Å². The number of benzene rings is 6. The number of hydrogen-bond donors (Lipinski definition) is 1. The smallest absolute Gasteiger partial charge is 0.265 e. The van der Waals surface area contributed by atoms with Crippen LogP contribution in [0.15, 0.2) is 213 Å². The summed E-state index contributed by atoms with van der Waals surface area (Å²) >= 11 is 0. The number of aromatic amines is 1. The molecule has 1 N–H and O–H groups in total. The van der Waals surface area contributed by atoms with Gasteiger partial charge in [-0.2, -0.15) is 0 Å². The van der Waals surface area contributed by atoms with E-state index in [-0.39, 0.29) is 17.1 Å². The van der Waals surface area contributed by atoms with Gasteiger partial charge in [0.15, 0.2) is 0 Å². The van der Waals surface area contributed by atoms with Gasteiger partial charge < -0.3 is 0 Å². The number of H-pyrrole nitrogens is 1. The Kier molecular flexibility index (Phi) is 16.0. The van der Waals surface area contributed by atoms with Gasteiger partial charge >= 0.3 is 50.1 Å². The Labute approximate surface area is 340 Å². The number of halogens is 6. The standard InChI is InChI=1S/2C18H15P.C7H6N4.Cu.F6P/c2*1-4-10-16(11-5-1)19(17-12-6-2-7-13-17)18-14-8-3-9-15-18;1-2-4-8-6(3-1)7-5-9-11-10-7;;1-7(2,3,4,5)6/h2*1-15H;1-5H,(H,9,10,11);;/q;;;+1;-1/p+2. The number of pyridine rings is 1. The zero-order chi connectivity index (χ0) is 39.8. The van der Waals surface area contributed by atoms with E-state index in [1.165, 1.54) is 31.8 Å². The third-order valence-electron chi connectivity index (χ3n) is 7.72. The van der Waals surface area contributed by atoms with Gasteiger partial charge in [0, 0.05) is 6.20 Å². The van der Waals surface area contributed by atoms with Gasteiger partial charge in [0.2, 0.25) is 0 Å². The Morgan fingerprint density at radius 2 is 0.632 bits per heavy atom. The summed E-state index contributed by atoms with van der Waals surface area (Å²) in [6.07, 6.45) is 3.44. The van der Waals surface area contributed by atoms with Crippen LogP contribution >= 0.6 is 23.7 Å². The van der Waals surface area contributed by atoms with Crippen LogP contribution in [0, 0.1) is 0 Å². The second-order valence-corrected chi connectivity index (χ2v) is 18.9. The average Bonchev–Trinajstić information content (AvgIpc) is 3.76. The molecule has 0 unspecified atom stereocenters. The Bertz CT molecular complexity index is 1970. The van der Waals surface area contributed by atoms with Crippen LogP contribution in [0.3, 0.4) is 0 Å². The Morgan fingerprint density at radius 1 is 0.368 bits per heavy atom. The molecule has 0 aliphatic heterocycles. The average molecular weight is 881 g/mol. The van der Waals surface area contributed by atoms with Gasteiger partial charge in [-0.3, -0.25) is 10.1 Å². The van der Waals surface area contributed by atoms with E-state index in [1.807, 2.05) is 18.2 Å². The Morgan fingerprint density at radius 3 is 0.842 bits per heavy atom. The summed E-state index contributed by atoms with van der Waals surface area (Å²) in [7, 11) is -12.4. The van der Waals surface area contributed by atoms with Gasteiger partial charge in [-0.25, -0.2) is 0 Å². The fourth-order valence-electron chi connectivity index (χ4n) is 5.47. The first-order valence-electron chi connectivity index (χ1n) is 17.2. The number of hydrogen-bond acceptors (Lipinski definition) is 3. The van der Waals surface area contributed by atoms with Crippen LogP contribution in [0.1, 0.15) is 0 Å². The summed E-state index contributed by atoms with van der Waals surface area (Å²) in [5.41, 5.74) is 1.60. The molecule has 14 heteroatoms. The summed E-state index contributed by atoms with van der Waals surface area (Å²) < 4.78 is 59.2. The maximum absolute atomic E-state index is 10.7. The van der Waals surface area contributed by atoms with E-state index in [2.05, 4.69) is 202 Å². The predicted molar refractivity (Wildman–Crippen MR) is 226 cm³/mol. The molecule has 57 heavy (non-hydrogen) atoms. The molecule has 0 atom stereocenters. The third-order valence-corrected chi connectivity index (χ3v) is 13.2. The van der Waals surface area contributed by atoms with E-state index < -0.39 is 23.7 Å². The largest absolute Gasteiger partial charge is 1.00 e. The van der Waals surface area contributed by atoms with Crippen molar-refractivity contribution in [2.45, 2.75) is 0 Å². The van der Waals surface area contributed by atoms with Gasteiger partial charge in [0.05, 0.1) is 27.7 Å². The van der Waals surface area contributed by atoms with E-state index in [0.717, 1.165) is 11.4 Å². The molecule has 0 radical (unpaired) electrons. The van der Waals surface area contributed by atoms with E-state index in [1.54, 1.807) is 12.4 Å². The van der Waals surface area contributed by atoms with Crippen molar-refractivity contribution < 1.29 is 42.3 Å². The molecule has 0 aliphatic rings. The summed E-state index contributed by atoms with van der Waals surface area (Å²) in [6.45, 7) is 0. The fraction of sp³-hybridized carbons (Fsp3) is 0. The van der Waals surface area contributed by atoms with E-state index in [4.69, 9.17) is 0 Å². The van der Waals surface area contributed by atoms with Crippen LogP contribution in [-0.4, -0.2) is 20.4 Å². The van der Waals surface area contributed by atoms with Crippen LogP contribution in [0.2, 0.25) is 0 Å². The molecular formula is C43H38CuF6N4P3+2. The molecule has 0 bridgehead atoms. The number of nitrogens with one attached hydrogen (secondary N) is 1. The minimum absolute atomic E-state index is 0. The van der Waals surface area contributed by atoms with Gasteiger partial charge in [0.25, 0.3) is 0 Å². The summed E-state index contributed by atoms with van der Waals surface area (Å²) in [6, 6.07) is 70.7. The molecule has 0 saturated carbocycles. The van der Waals surface area contributed by atoms with Crippen molar-refractivity contribution in [2.75, 3.05) is 0 Å². The maximum Gasteiger partial charge on any atom is 1.00 e. The normalized spacial score (nSPS) is 11.8. The van der Waals surface area contributed by atoms with E-state index in [0.29, 0.717) is 0 Å². The topological polar surface area (TPSA) is 54.5 Å². The minimum atomic E-state index is -10.7. The minimum Gasteiger partial charge on any atom is -0.265 e. The Balaban J connectivity index is 0.000000178. The first-order chi connectivity index (χ1) is 26.8. The number of aromatic nitrogens is 4. The molecule has 2 aromatic heterocycles. The zero-order valence-electron chi connectivity index (χ0n) is 30.1. The maximum atomic E-state index is 9.87. The molecule has 6 aromatic carbocycles. The fourth-order valence-corrected chi connectivity index (χ4v) is 10.6. The van der Waals surface area contributed by atoms with Crippen molar-refractivity contribution in [2.24, 2.45) is 0 Å². The van der Waals surface area contributed by atoms with Crippen molar-refractivity contribution in [3.05, 3.63) is 213 Å². The van der Waals surface area contributed by atoms with Crippen LogP contribution in [0.5, 0.6) is 0 Å². The van der Waals surface area contributed by atoms with Crippen molar-refractivity contribution in [3.63, 3.8) is 0 Å². The van der Waals surface area contributed by atoms with Gasteiger partial charge in [-0.1, -0.05) is 120 Å². The molecule has 0 aliphatic carbocycles. The molecule has 8 aromatic rings. The van der Waals surface area contributed by atoms with E-state index >= 15 is 0 Å². The van der Waals surface area contributed by atoms with Crippen LogP contribution in [0.25, 0.3) is 11.4 Å². The van der Waals surface area contributed by atoms with Crippen molar-refractivity contribution in [3.8, 4) is 11.4 Å².